The summed E-state index contributed by atoms with van der Waals surface area (Å²) >= 11 is 3.29. The van der Waals surface area contributed by atoms with Gasteiger partial charge in [-0.25, -0.2) is 8.42 Å². The molecule has 1 aliphatic heterocycles. The molecular formula is C12H18BrN3O2S. The van der Waals surface area contributed by atoms with Crippen LogP contribution >= 0.6 is 15.9 Å². The van der Waals surface area contributed by atoms with E-state index in [-0.39, 0.29) is 4.90 Å². The first-order chi connectivity index (χ1) is 8.91. The van der Waals surface area contributed by atoms with Crippen molar-refractivity contribution in [2.45, 2.75) is 11.3 Å². The Morgan fingerprint density at radius 3 is 2.68 bits per heavy atom. The summed E-state index contributed by atoms with van der Waals surface area (Å²) in [6.07, 6.45) is 0.843. The Morgan fingerprint density at radius 2 is 1.95 bits per heavy atom. The molecule has 7 heteroatoms. The van der Waals surface area contributed by atoms with Crippen molar-refractivity contribution in [3.05, 3.63) is 22.7 Å². The molecule has 19 heavy (non-hydrogen) atoms. The van der Waals surface area contributed by atoms with Crippen LogP contribution in [-0.4, -0.2) is 50.8 Å². The summed E-state index contributed by atoms with van der Waals surface area (Å²) in [6, 6.07) is 4.86. The number of nitrogens with two attached hydrogens (primary N) is 1. The van der Waals surface area contributed by atoms with Crippen LogP contribution in [0, 0.1) is 0 Å². The van der Waals surface area contributed by atoms with E-state index in [1.807, 2.05) is 7.05 Å². The van der Waals surface area contributed by atoms with E-state index >= 15 is 0 Å². The van der Waals surface area contributed by atoms with Crippen molar-refractivity contribution < 1.29 is 8.42 Å². The van der Waals surface area contributed by atoms with Crippen molar-refractivity contribution in [3.8, 4) is 0 Å². The van der Waals surface area contributed by atoms with Gasteiger partial charge in [-0.05, 0) is 54.1 Å². The molecule has 0 aliphatic carbocycles. The van der Waals surface area contributed by atoms with Gasteiger partial charge in [0.05, 0.1) is 4.90 Å². The summed E-state index contributed by atoms with van der Waals surface area (Å²) in [5, 5.41) is 0. The van der Waals surface area contributed by atoms with Gasteiger partial charge >= 0.3 is 0 Å². The molecule has 0 spiro atoms. The van der Waals surface area contributed by atoms with E-state index in [1.54, 1.807) is 12.1 Å². The Labute approximate surface area is 122 Å². The highest BCUT2D eigenvalue weighted by Crippen LogP contribution is 2.27. The fourth-order valence-electron chi connectivity index (χ4n) is 2.12. The van der Waals surface area contributed by atoms with Crippen LogP contribution < -0.4 is 5.73 Å². The average Bonchev–Trinajstić information content (AvgIpc) is 2.57. The molecule has 1 fully saturated rings. The van der Waals surface area contributed by atoms with Crippen LogP contribution in [0.15, 0.2) is 27.6 Å². The fourth-order valence-corrected chi connectivity index (χ4v) is 4.55. The first-order valence-corrected chi connectivity index (χ1v) is 8.38. The molecule has 0 saturated carbocycles. The van der Waals surface area contributed by atoms with Crippen LogP contribution in [0.1, 0.15) is 6.42 Å². The van der Waals surface area contributed by atoms with Crippen molar-refractivity contribution in [1.82, 2.24) is 9.21 Å². The molecule has 0 unspecified atom stereocenters. The lowest BCUT2D eigenvalue weighted by Gasteiger charge is -2.21. The molecule has 0 bridgehead atoms. The van der Waals surface area contributed by atoms with E-state index < -0.39 is 10.0 Å². The molecule has 0 atom stereocenters. The third-order valence-electron chi connectivity index (χ3n) is 3.25. The molecule has 1 saturated heterocycles. The summed E-state index contributed by atoms with van der Waals surface area (Å²) in [7, 11) is -1.48. The number of rotatable bonds is 2. The van der Waals surface area contributed by atoms with Gasteiger partial charge < -0.3 is 10.6 Å². The minimum atomic E-state index is -3.48. The summed E-state index contributed by atoms with van der Waals surface area (Å²) in [5.41, 5.74) is 6.15. The number of nitrogen functional groups attached to an aromatic ring is 1. The van der Waals surface area contributed by atoms with Crippen molar-refractivity contribution in [3.63, 3.8) is 0 Å². The molecule has 5 nitrogen and oxygen atoms in total. The minimum Gasteiger partial charge on any atom is -0.399 e. The maximum absolute atomic E-state index is 12.6. The van der Waals surface area contributed by atoms with Crippen molar-refractivity contribution in [1.29, 1.82) is 0 Å². The summed E-state index contributed by atoms with van der Waals surface area (Å²) < 4.78 is 27.4. The average molecular weight is 348 g/mol. The van der Waals surface area contributed by atoms with Crippen LogP contribution in [-0.2, 0) is 10.0 Å². The lowest BCUT2D eigenvalue weighted by molar-refractivity contribution is 0.347. The second-order valence-electron chi connectivity index (χ2n) is 4.75. The second kappa shape index (κ2) is 5.78. The highest BCUT2D eigenvalue weighted by molar-refractivity contribution is 9.10. The predicted octanol–water partition coefficient (Wildman–Crippen LogP) is 1.36. The highest BCUT2D eigenvalue weighted by atomic mass is 79.9. The normalized spacial score (nSPS) is 19.3. The Bertz CT molecular complexity index is 562. The molecular weight excluding hydrogens is 330 g/mol. The Morgan fingerprint density at radius 1 is 1.21 bits per heavy atom. The van der Waals surface area contributed by atoms with Crippen LogP contribution in [0.2, 0.25) is 0 Å². The zero-order chi connectivity index (χ0) is 14.0. The maximum atomic E-state index is 12.6. The molecule has 1 heterocycles. The maximum Gasteiger partial charge on any atom is 0.244 e. The van der Waals surface area contributed by atoms with Gasteiger partial charge in [0.1, 0.15) is 0 Å². The molecule has 2 N–H and O–H groups in total. The molecule has 1 aromatic rings. The predicted molar refractivity (Wildman–Crippen MR) is 79.4 cm³/mol. The van der Waals surface area contributed by atoms with E-state index in [1.165, 1.54) is 10.4 Å². The Balaban J connectivity index is 2.33. The third kappa shape index (κ3) is 3.28. The minimum absolute atomic E-state index is 0.247. The summed E-state index contributed by atoms with van der Waals surface area (Å²) in [6.45, 7) is 2.73. The van der Waals surface area contributed by atoms with Crippen LogP contribution in [0.25, 0.3) is 0 Å². The molecule has 1 aliphatic rings. The van der Waals surface area contributed by atoms with Crippen LogP contribution in [0.5, 0.6) is 0 Å². The van der Waals surface area contributed by atoms with E-state index in [4.69, 9.17) is 5.73 Å². The monoisotopic (exact) mass is 347 g/mol. The number of nitrogens with zero attached hydrogens (tertiary/aromatic N) is 2. The first-order valence-electron chi connectivity index (χ1n) is 6.15. The number of anilines is 1. The highest BCUT2D eigenvalue weighted by Gasteiger charge is 2.28. The van der Waals surface area contributed by atoms with E-state index in [0.29, 0.717) is 23.2 Å². The fraction of sp³-hybridized carbons (Fsp3) is 0.500. The topological polar surface area (TPSA) is 66.6 Å². The van der Waals surface area contributed by atoms with Gasteiger partial charge in [-0.1, -0.05) is 0 Å². The zero-order valence-corrected chi connectivity index (χ0v) is 13.2. The second-order valence-corrected chi connectivity index (χ2v) is 7.51. The number of benzene rings is 1. The van der Waals surface area contributed by atoms with E-state index in [0.717, 1.165) is 19.5 Å². The SMILES string of the molecule is CN1CCCN(S(=O)(=O)c2cc(N)ccc2Br)CC1. The Hall–Kier alpha value is -0.630. The van der Waals surface area contributed by atoms with Gasteiger partial charge in [0, 0.05) is 29.8 Å². The van der Waals surface area contributed by atoms with Crippen molar-refractivity contribution in [2.24, 2.45) is 0 Å². The first kappa shape index (κ1) is 14.8. The quantitative estimate of drug-likeness (QED) is 0.820. The smallest absolute Gasteiger partial charge is 0.244 e. The van der Waals surface area contributed by atoms with Crippen LogP contribution in [0.4, 0.5) is 5.69 Å². The molecule has 0 radical (unpaired) electrons. The number of hydrogen-bond donors (Lipinski definition) is 1. The van der Waals surface area contributed by atoms with E-state index in [9.17, 15) is 8.42 Å². The standard InChI is InChI=1S/C12H18BrN3O2S/c1-15-5-2-6-16(8-7-15)19(17,18)12-9-10(14)3-4-11(12)13/h3-4,9H,2,5-8,14H2,1H3. The lowest BCUT2D eigenvalue weighted by Crippen LogP contribution is -2.34. The number of likely N-dealkylation sites (N-methyl/N-ethyl adjacent to an activating group) is 1. The number of sulfonamides is 1. The van der Waals surface area contributed by atoms with Gasteiger partial charge in [0.15, 0.2) is 0 Å². The lowest BCUT2D eigenvalue weighted by atomic mass is 10.3. The largest absolute Gasteiger partial charge is 0.399 e. The van der Waals surface area contributed by atoms with Gasteiger partial charge in [-0.3, -0.25) is 0 Å². The van der Waals surface area contributed by atoms with Crippen LogP contribution in [0.3, 0.4) is 0 Å². The van der Waals surface area contributed by atoms with E-state index in [2.05, 4.69) is 20.8 Å². The zero-order valence-electron chi connectivity index (χ0n) is 10.8. The third-order valence-corrected chi connectivity index (χ3v) is 6.14. The Kier molecular flexibility index (Phi) is 4.50. The van der Waals surface area contributed by atoms with Crippen molar-refractivity contribution in [2.75, 3.05) is 39.0 Å². The molecule has 1 aromatic carbocycles. The number of halogens is 1. The van der Waals surface area contributed by atoms with Gasteiger partial charge in [-0.15, -0.1) is 0 Å². The van der Waals surface area contributed by atoms with Gasteiger partial charge in [0.2, 0.25) is 10.0 Å². The van der Waals surface area contributed by atoms with Gasteiger partial charge in [0.25, 0.3) is 0 Å². The summed E-state index contributed by atoms with van der Waals surface area (Å²) in [4.78, 5) is 2.39. The molecule has 0 amide bonds. The molecule has 0 aromatic heterocycles. The summed E-state index contributed by atoms with van der Waals surface area (Å²) in [5.74, 6) is 0. The molecule has 106 valence electrons. The van der Waals surface area contributed by atoms with Gasteiger partial charge in [-0.2, -0.15) is 4.31 Å². The molecule has 2 rings (SSSR count). The number of hydrogen-bond acceptors (Lipinski definition) is 4. The van der Waals surface area contributed by atoms with Crippen molar-refractivity contribution >= 4 is 31.6 Å².